The Hall–Kier alpha value is -2.25. The molecule has 0 aromatic carbocycles. The topological polar surface area (TPSA) is 117 Å². The molecule has 1 saturated heterocycles. The third-order valence-electron chi connectivity index (χ3n) is 1.23. The zero-order chi connectivity index (χ0) is 10.6. The zero-order valence-corrected chi connectivity index (χ0v) is 6.86. The number of rotatable bonds is 0. The van der Waals surface area contributed by atoms with E-state index in [1.165, 1.54) is 0 Å². The normalized spacial score (nSPS) is 18.3. The average Bonchev–Trinajstić information content (AvgIpc) is 2.65. The van der Waals surface area contributed by atoms with Crippen LogP contribution in [0.4, 0.5) is 4.79 Å². The fourth-order valence-corrected chi connectivity index (χ4v) is 0.645. The molecule has 8 nitrogen and oxygen atoms in total. The molecule has 0 radical (unpaired) electrons. The minimum Gasteiger partial charge on any atom is -0.329 e. The summed E-state index contributed by atoms with van der Waals surface area (Å²) in [5.41, 5.74) is 0. The van der Waals surface area contributed by atoms with Gasteiger partial charge in [0.2, 0.25) is 5.91 Å². The lowest BCUT2D eigenvalue weighted by molar-refractivity contribution is -0.135. The van der Waals surface area contributed by atoms with Gasteiger partial charge in [-0.2, -0.15) is 4.99 Å². The molecule has 0 aromatic heterocycles. The highest BCUT2D eigenvalue weighted by Crippen LogP contribution is 1.78. The Kier molecular flexibility index (Phi) is 2.89. The van der Waals surface area contributed by atoms with Crippen molar-refractivity contribution in [1.29, 1.82) is 0 Å². The number of imide groups is 1. The maximum Gasteiger partial charge on any atom is 0.336 e. The number of hydrogen-bond donors (Lipinski definition) is 3. The van der Waals surface area contributed by atoms with Crippen molar-refractivity contribution in [2.45, 2.75) is 0 Å². The summed E-state index contributed by atoms with van der Waals surface area (Å²) in [6.07, 6.45) is 1.07. The molecule has 0 bridgehead atoms. The van der Waals surface area contributed by atoms with Gasteiger partial charge in [-0.3, -0.25) is 19.7 Å². The van der Waals surface area contributed by atoms with Crippen molar-refractivity contribution in [3.8, 4) is 0 Å². The van der Waals surface area contributed by atoms with Crippen LogP contribution in [0.1, 0.15) is 0 Å². The molecule has 0 spiro atoms. The van der Waals surface area contributed by atoms with Gasteiger partial charge in [-0.1, -0.05) is 0 Å². The molecular weight excluding hydrogens is 192 g/mol. The molecule has 2 aliphatic heterocycles. The fourth-order valence-electron chi connectivity index (χ4n) is 0.645. The Morgan fingerprint density at radius 2 is 1.93 bits per heavy atom. The number of nitrogens with one attached hydrogen (secondary N) is 3. The molecule has 0 atom stereocenters. The number of amides is 5. The SMILES string of the molecule is O=C1CNC(=O)N1.O=C1N=CNC1=O. The first kappa shape index (κ1) is 9.84. The Morgan fingerprint density at radius 1 is 1.21 bits per heavy atom. The highest BCUT2D eigenvalue weighted by atomic mass is 16.2. The number of urea groups is 1. The second-order valence-corrected chi connectivity index (χ2v) is 2.27. The van der Waals surface area contributed by atoms with Crippen LogP contribution in [-0.2, 0) is 14.4 Å². The molecule has 8 heteroatoms. The maximum atomic E-state index is 10.1. The molecule has 2 rings (SSSR count). The predicted octanol–water partition coefficient (Wildman–Crippen LogP) is -2.50. The summed E-state index contributed by atoms with van der Waals surface area (Å²) in [6, 6.07) is -0.398. The van der Waals surface area contributed by atoms with E-state index in [0.29, 0.717) is 0 Å². The fraction of sp³-hybridized carbons (Fsp3) is 0.167. The lowest BCUT2D eigenvalue weighted by atomic mass is 10.6. The molecule has 2 aliphatic rings. The van der Waals surface area contributed by atoms with Gasteiger partial charge in [0.15, 0.2) is 0 Å². The third kappa shape index (κ3) is 2.66. The Balaban J connectivity index is 0.000000140. The van der Waals surface area contributed by atoms with E-state index in [2.05, 4.69) is 15.6 Å². The minimum atomic E-state index is -0.722. The summed E-state index contributed by atoms with van der Waals surface area (Å²) in [7, 11) is 0. The average molecular weight is 198 g/mol. The van der Waals surface area contributed by atoms with E-state index in [4.69, 9.17) is 0 Å². The van der Waals surface area contributed by atoms with Gasteiger partial charge in [0, 0.05) is 0 Å². The van der Waals surface area contributed by atoms with Gasteiger partial charge < -0.3 is 10.6 Å². The van der Waals surface area contributed by atoms with Crippen LogP contribution in [0.25, 0.3) is 0 Å². The molecule has 3 N–H and O–H groups in total. The third-order valence-corrected chi connectivity index (χ3v) is 1.23. The van der Waals surface area contributed by atoms with Crippen molar-refractivity contribution in [2.75, 3.05) is 6.54 Å². The standard InChI is InChI=1S/C3H2N2O2.C3H4N2O2/c6-2-3(7)5-1-4-2;6-2-1-4-3(7)5-2/h1H,(H,4,5,6,7);1H2,(H2,4,5,6,7). The van der Waals surface area contributed by atoms with Gasteiger partial charge in [-0.05, 0) is 0 Å². The summed E-state index contributed by atoms with van der Waals surface area (Å²) in [6.45, 7) is 0.124. The molecule has 0 aliphatic carbocycles. The largest absolute Gasteiger partial charge is 0.336 e. The van der Waals surface area contributed by atoms with Crippen LogP contribution in [0.15, 0.2) is 4.99 Å². The van der Waals surface area contributed by atoms with E-state index in [1.54, 1.807) is 0 Å². The second-order valence-electron chi connectivity index (χ2n) is 2.27. The van der Waals surface area contributed by atoms with E-state index >= 15 is 0 Å². The Labute approximate surface area is 77.7 Å². The molecule has 14 heavy (non-hydrogen) atoms. The van der Waals surface area contributed by atoms with E-state index in [1.807, 2.05) is 5.32 Å². The lowest BCUT2D eigenvalue weighted by Gasteiger charge is -1.78. The van der Waals surface area contributed by atoms with Crippen LogP contribution >= 0.6 is 0 Å². The number of carbonyl (C=O) groups is 4. The molecule has 5 amide bonds. The Bertz CT molecular complexity index is 321. The van der Waals surface area contributed by atoms with E-state index in [9.17, 15) is 19.2 Å². The predicted molar refractivity (Wildman–Crippen MR) is 43.2 cm³/mol. The number of aliphatic imine (C=N–C) groups is 1. The van der Waals surface area contributed by atoms with Gasteiger partial charge in [-0.25, -0.2) is 4.79 Å². The zero-order valence-electron chi connectivity index (χ0n) is 6.86. The van der Waals surface area contributed by atoms with Gasteiger partial charge in [0.05, 0.1) is 12.9 Å². The molecule has 0 aromatic rings. The maximum absolute atomic E-state index is 10.1. The van der Waals surface area contributed by atoms with Crippen LogP contribution in [0.2, 0.25) is 0 Å². The highest BCUT2D eigenvalue weighted by Gasteiger charge is 2.14. The first-order valence-corrected chi connectivity index (χ1v) is 3.54. The van der Waals surface area contributed by atoms with Crippen molar-refractivity contribution in [3.63, 3.8) is 0 Å². The van der Waals surface area contributed by atoms with Gasteiger partial charge in [0.1, 0.15) is 0 Å². The summed E-state index contributed by atoms with van der Waals surface area (Å²) >= 11 is 0. The van der Waals surface area contributed by atoms with E-state index < -0.39 is 17.8 Å². The summed E-state index contributed by atoms with van der Waals surface area (Å²) in [5, 5.41) is 6.39. The first-order chi connectivity index (χ1) is 6.59. The van der Waals surface area contributed by atoms with Crippen LogP contribution in [0.5, 0.6) is 0 Å². The minimum absolute atomic E-state index is 0.124. The molecule has 0 unspecified atom stereocenters. The van der Waals surface area contributed by atoms with Crippen LogP contribution in [0, 0.1) is 0 Å². The van der Waals surface area contributed by atoms with Crippen molar-refractivity contribution in [2.24, 2.45) is 4.99 Å². The Morgan fingerprint density at radius 3 is 2.07 bits per heavy atom. The molecule has 74 valence electrons. The quantitative estimate of drug-likeness (QED) is 0.294. The summed E-state index contributed by atoms with van der Waals surface area (Å²) in [4.78, 5) is 43.1. The van der Waals surface area contributed by atoms with Crippen LogP contribution in [-0.4, -0.2) is 36.6 Å². The van der Waals surface area contributed by atoms with Crippen molar-refractivity contribution in [3.05, 3.63) is 0 Å². The smallest absolute Gasteiger partial charge is 0.329 e. The number of nitrogens with zero attached hydrogens (tertiary/aromatic N) is 1. The lowest BCUT2D eigenvalue weighted by Crippen LogP contribution is -2.22. The van der Waals surface area contributed by atoms with E-state index in [0.717, 1.165) is 6.34 Å². The highest BCUT2D eigenvalue weighted by molar-refractivity contribution is 6.41. The van der Waals surface area contributed by atoms with Crippen molar-refractivity contribution in [1.82, 2.24) is 16.0 Å². The molecular formula is C6H6N4O4. The van der Waals surface area contributed by atoms with Crippen LogP contribution < -0.4 is 16.0 Å². The number of carbonyl (C=O) groups excluding carboxylic acids is 4. The summed E-state index contributed by atoms with van der Waals surface area (Å²) in [5.74, 6) is -1.63. The second kappa shape index (κ2) is 4.12. The van der Waals surface area contributed by atoms with Gasteiger partial charge >= 0.3 is 17.8 Å². The van der Waals surface area contributed by atoms with E-state index in [-0.39, 0.29) is 12.5 Å². The van der Waals surface area contributed by atoms with Gasteiger partial charge in [0.25, 0.3) is 0 Å². The van der Waals surface area contributed by atoms with Crippen molar-refractivity contribution >= 4 is 30.1 Å². The molecule has 2 heterocycles. The summed E-state index contributed by atoms with van der Waals surface area (Å²) < 4.78 is 0. The number of hydrogen-bond acceptors (Lipinski definition) is 4. The van der Waals surface area contributed by atoms with Crippen LogP contribution in [0.3, 0.4) is 0 Å². The molecule has 0 saturated carbocycles. The monoisotopic (exact) mass is 198 g/mol. The van der Waals surface area contributed by atoms with Gasteiger partial charge in [-0.15, -0.1) is 0 Å². The molecule has 1 fully saturated rings. The first-order valence-electron chi connectivity index (χ1n) is 3.54. The van der Waals surface area contributed by atoms with Crippen molar-refractivity contribution < 1.29 is 19.2 Å².